The second kappa shape index (κ2) is 5.37. The first-order chi connectivity index (χ1) is 9.67. The van der Waals surface area contributed by atoms with E-state index in [2.05, 4.69) is 19.6 Å². The summed E-state index contributed by atoms with van der Waals surface area (Å²) < 4.78 is 51.5. The van der Waals surface area contributed by atoms with Crippen molar-refractivity contribution in [1.82, 2.24) is 10.2 Å². The Labute approximate surface area is 122 Å². The third kappa shape index (κ3) is 3.95. The average Bonchev–Trinajstić information content (AvgIpc) is 2.85. The first-order valence-corrected chi connectivity index (χ1v) is 9.15. The summed E-state index contributed by atoms with van der Waals surface area (Å²) in [6.45, 7) is 1.76. The zero-order valence-corrected chi connectivity index (χ0v) is 12.9. The molecule has 0 atom stereocenters. The van der Waals surface area contributed by atoms with E-state index in [0.717, 1.165) is 18.0 Å². The molecule has 0 spiro atoms. The average molecular weight is 330 g/mol. The van der Waals surface area contributed by atoms with Gasteiger partial charge in [0.2, 0.25) is 10.0 Å². The van der Waals surface area contributed by atoms with Gasteiger partial charge in [0.15, 0.2) is 0 Å². The number of aryl methyl sites for hydroxylation is 1. The van der Waals surface area contributed by atoms with Crippen LogP contribution in [-0.2, 0) is 20.0 Å². The molecule has 10 heteroatoms. The molecule has 0 aliphatic rings. The molecule has 2 aromatic rings. The molecule has 2 rings (SSSR count). The lowest BCUT2D eigenvalue weighted by atomic mass is 10.2. The molecule has 0 radical (unpaired) electrons. The quantitative estimate of drug-likeness (QED) is 0.752. The standard InChI is InChI=1S/C11H14N4O4S2/c1-8-3-4-10(14-20(2,16)17)11(5-8)15-21(18,19)9-6-12-13-7-9/h3-7,14-15H,1-2H3,(H,12,13). The summed E-state index contributed by atoms with van der Waals surface area (Å²) in [5.41, 5.74) is 1.07. The molecule has 0 aliphatic carbocycles. The normalized spacial score (nSPS) is 12.1. The maximum absolute atomic E-state index is 12.1. The van der Waals surface area contributed by atoms with E-state index in [1.54, 1.807) is 13.0 Å². The molecule has 0 amide bonds. The van der Waals surface area contributed by atoms with Crippen LogP contribution in [0.3, 0.4) is 0 Å². The van der Waals surface area contributed by atoms with Gasteiger partial charge in [-0.15, -0.1) is 0 Å². The Balaban J connectivity index is 2.42. The molecule has 1 heterocycles. The van der Waals surface area contributed by atoms with Crippen molar-refractivity contribution in [2.75, 3.05) is 15.7 Å². The van der Waals surface area contributed by atoms with Crippen LogP contribution in [0.5, 0.6) is 0 Å². The van der Waals surface area contributed by atoms with Gasteiger partial charge in [-0.25, -0.2) is 16.8 Å². The van der Waals surface area contributed by atoms with Gasteiger partial charge in [0.25, 0.3) is 10.0 Å². The predicted octanol–water partition coefficient (Wildman–Crippen LogP) is 0.890. The zero-order chi connectivity index (χ0) is 15.7. The lowest BCUT2D eigenvalue weighted by molar-refractivity contribution is 0.600. The summed E-state index contributed by atoms with van der Waals surface area (Å²) in [6.07, 6.45) is 3.37. The van der Waals surface area contributed by atoms with E-state index in [1.807, 2.05) is 0 Å². The molecular formula is C11H14N4O4S2. The van der Waals surface area contributed by atoms with E-state index in [1.165, 1.54) is 18.3 Å². The van der Waals surface area contributed by atoms with Gasteiger partial charge in [0.1, 0.15) is 4.90 Å². The third-order valence-corrected chi connectivity index (χ3v) is 4.42. The molecule has 21 heavy (non-hydrogen) atoms. The Kier molecular flexibility index (Phi) is 3.92. The van der Waals surface area contributed by atoms with E-state index in [9.17, 15) is 16.8 Å². The number of H-pyrrole nitrogens is 1. The van der Waals surface area contributed by atoms with Gasteiger partial charge in [-0.2, -0.15) is 5.10 Å². The number of nitrogens with one attached hydrogen (secondary N) is 3. The molecule has 0 bridgehead atoms. The largest absolute Gasteiger partial charge is 0.284 e. The number of sulfonamides is 2. The highest BCUT2D eigenvalue weighted by Crippen LogP contribution is 2.26. The molecule has 0 unspecified atom stereocenters. The molecule has 3 N–H and O–H groups in total. The first kappa shape index (κ1) is 15.3. The van der Waals surface area contributed by atoms with Crippen LogP contribution in [-0.4, -0.2) is 33.3 Å². The highest BCUT2D eigenvalue weighted by Gasteiger charge is 2.18. The van der Waals surface area contributed by atoms with Gasteiger partial charge in [0.05, 0.1) is 23.8 Å². The topological polar surface area (TPSA) is 121 Å². The van der Waals surface area contributed by atoms with Crippen molar-refractivity contribution in [2.45, 2.75) is 11.8 Å². The number of hydrogen-bond donors (Lipinski definition) is 3. The van der Waals surface area contributed by atoms with Gasteiger partial charge in [-0.05, 0) is 24.6 Å². The third-order valence-electron chi connectivity index (χ3n) is 2.50. The molecule has 114 valence electrons. The van der Waals surface area contributed by atoms with Crippen LogP contribution in [0.4, 0.5) is 11.4 Å². The fourth-order valence-corrected chi connectivity index (χ4v) is 3.17. The second-order valence-electron chi connectivity index (χ2n) is 4.46. The van der Waals surface area contributed by atoms with Crippen LogP contribution in [0.1, 0.15) is 5.56 Å². The van der Waals surface area contributed by atoms with Crippen LogP contribution in [0.2, 0.25) is 0 Å². The Morgan fingerprint density at radius 1 is 1.10 bits per heavy atom. The number of rotatable bonds is 5. The number of benzene rings is 1. The van der Waals surface area contributed by atoms with Crippen molar-refractivity contribution >= 4 is 31.4 Å². The summed E-state index contributed by atoms with van der Waals surface area (Å²) in [5, 5.41) is 5.98. The Morgan fingerprint density at radius 3 is 2.38 bits per heavy atom. The zero-order valence-electron chi connectivity index (χ0n) is 11.3. The minimum Gasteiger partial charge on any atom is -0.284 e. The molecule has 1 aromatic carbocycles. The Bertz CT molecular complexity index is 842. The molecule has 8 nitrogen and oxygen atoms in total. The van der Waals surface area contributed by atoms with Gasteiger partial charge >= 0.3 is 0 Å². The number of aromatic amines is 1. The summed E-state index contributed by atoms with van der Waals surface area (Å²) in [4.78, 5) is -0.0469. The number of aromatic nitrogens is 2. The van der Waals surface area contributed by atoms with Crippen LogP contribution in [0.25, 0.3) is 0 Å². The molecule has 0 saturated carbocycles. The predicted molar refractivity (Wildman–Crippen MR) is 79.0 cm³/mol. The van der Waals surface area contributed by atoms with Crippen LogP contribution >= 0.6 is 0 Å². The lowest BCUT2D eigenvalue weighted by Gasteiger charge is -2.13. The number of nitrogens with zero attached hydrogens (tertiary/aromatic N) is 1. The van der Waals surface area contributed by atoms with Crippen molar-refractivity contribution in [3.63, 3.8) is 0 Å². The second-order valence-corrected chi connectivity index (χ2v) is 7.89. The minimum atomic E-state index is -3.84. The Hall–Kier alpha value is -2.07. The van der Waals surface area contributed by atoms with Crippen molar-refractivity contribution in [2.24, 2.45) is 0 Å². The monoisotopic (exact) mass is 330 g/mol. The van der Waals surface area contributed by atoms with Crippen molar-refractivity contribution in [1.29, 1.82) is 0 Å². The van der Waals surface area contributed by atoms with E-state index in [0.29, 0.717) is 0 Å². The van der Waals surface area contributed by atoms with Crippen molar-refractivity contribution in [3.05, 3.63) is 36.2 Å². The Morgan fingerprint density at radius 2 is 1.81 bits per heavy atom. The maximum Gasteiger partial charge on any atom is 0.265 e. The highest BCUT2D eigenvalue weighted by atomic mass is 32.2. The van der Waals surface area contributed by atoms with Gasteiger partial charge < -0.3 is 0 Å². The van der Waals surface area contributed by atoms with Crippen LogP contribution in [0, 0.1) is 6.92 Å². The van der Waals surface area contributed by atoms with E-state index >= 15 is 0 Å². The summed E-state index contributed by atoms with van der Waals surface area (Å²) in [5.74, 6) is 0. The summed E-state index contributed by atoms with van der Waals surface area (Å²) in [6, 6.07) is 4.69. The van der Waals surface area contributed by atoms with Gasteiger partial charge in [-0.1, -0.05) is 6.07 Å². The summed E-state index contributed by atoms with van der Waals surface area (Å²) in [7, 11) is -7.37. The van der Waals surface area contributed by atoms with Gasteiger partial charge in [0, 0.05) is 6.20 Å². The van der Waals surface area contributed by atoms with E-state index in [-0.39, 0.29) is 16.3 Å². The smallest absolute Gasteiger partial charge is 0.265 e. The number of hydrogen-bond acceptors (Lipinski definition) is 5. The molecule has 0 saturated heterocycles. The molecule has 1 aromatic heterocycles. The maximum atomic E-state index is 12.1. The van der Waals surface area contributed by atoms with Crippen molar-refractivity contribution < 1.29 is 16.8 Å². The molecule has 0 aliphatic heterocycles. The summed E-state index contributed by atoms with van der Waals surface area (Å²) >= 11 is 0. The fourth-order valence-electron chi connectivity index (χ4n) is 1.62. The van der Waals surface area contributed by atoms with E-state index < -0.39 is 20.0 Å². The SMILES string of the molecule is Cc1ccc(NS(C)(=O)=O)c(NS(=O)(=O)c2cn[nH]c2)c1. The van der Waals surface area contributed by atoms with Crippen LogP contribution in [0.15, 0.2) is 35.5 Å². The fraction of sp³-hybridized carbons (Fsp3) is 0.182. The molecular weight excluding hydrogens is 316 g/mol. The minimum absolute atomic E-state index is 0.0469. The first-order valence-electron chi connectivity index (χ1n) is 5.77. The van der Waals surface area contributed by atoms with Crippen LogP contribution < -0.4 is 9.44 Å². The highest BCUT2D eigenvalue weighted by molar-refractivity contribution is 7.93. The van der Waals surface area contributed by atoms with E-state index in [4.69, 9.17) is 0 Å². The molecule has 0 fully saturated rings. The van der Waals surface area contributed by atoms with Crippen molar-refractivity contribution in [3.8, 4) is 0 Å². The van der Waals surface area contributed by atoms with Gasteiger partial charge in [-0.3, -0.25) is 14.5 Å². The lowest BCUT2D eigenvalue weighted by Crippen LogP contribution is -2.16. The number of anilines is 2.